The molecule has 3 heterocycles. The minimum Gasteiger partial charge on any atom is -0.468 e. The topological polar surface area (TPSA) is 90.7 Å². The van der Waals surface area contributed by atoms with E-state index in [0.717, 1.165) is 5.56 Å². The number of amides is 2. The van der Waals surface area contributed by atoms with Crippen LogP contribution in [0.25, 0.3) is 0 Å². The number of furan rings is 1. The van der Waals surface area contributed by atoms with E-state index in [1.807, 2.05) is 17.0 Å². The molecule has 0 unspecified atom stereocenters. The van der Waals surface area contributed by atoms with Gasteiger partial charge < -0.3 is 20.0 Å². The fourth-order valence-electron chi connectivity index (χ4n) is 3.91. The Kier molecular flexibility index (Phi) is 7.31. The van der Waals surface area contributed by atoms with Crippen molar-refractivity contribution < 1.29 is 18.4 Å². The number of carbonyl (C=O) groups is 2. The SMILES string of the molecule is O=C(NCc1ccncc1)C(=O)NC[C@@H](c1ccco1)N1CCN(c2ccccc2F)CC1. The van der Waals surface area contributed by atoms with Crippen molar-refractivity contribution in [2.24, 2.45) is 0 Å². The fraction of sp³-hybridized carbons (Fsp3) is 0.292. The van der Waals surface area contributed by atoms with Crippen molar-refractivity contribution in [2.45, 2.75) is 12.6 Å². The first-order valence-corrected chi connectivity index (χ1v) is 10.8. The second-order valence-electron chi connectivity index (χ2n) is 7.75. The lowest BCUT2D eigenvalue weighted by molar-refractivity contribution is -0.139. The van der Waals surface area contributed by atoms with E-state index in [9.17, 15) is 14.0 Å². The van der Waals surface area contributed by atoms with Crippen LogP contribution < -0.4 is 15.5 Å². The summed E-state index contributed by atoms with van der Waals surface area (Å²) in [7, 11) is 0. The number of halogens is 1. The monoisotopic (exact) mass is 451 g/mol. The highest BCUT2D eigenvalue weighted by Gasteiger charge is 2.28. The predicted octanol–water partition coefficient (Wildman–Crippen LogP) is 2.11. The van der Waals surface area contributed by atoms with Crippen LogP contribution >= 0.6 is 0 Å². The molecule has 0 aliphatic carbocycles. The summed E-state index contributed by atoms with van der Waals surface area (Å²) in [6.45, 7) is 3.05. The fourth-order valence-corrected chi connectivity index (χ4v) is 3.91. The molecule has 172 valence electrons. The zero-order chi connectivity index (χ0) is 23.0. The Morgan fingerprint density at radius 1 is 0.970 bits per heavy atom. The molecule has 33 heavy (non-hydrogen) atoms. The smallest absolute Gasteiger partial charge is 0.309 e. The second kappa shape index (κ2) is 10.7. The third-order valence-electron chi connectivity index (χ3n) is 5.68. The summed E-state index contributed by atoms with van der Waals surface area (Å²) in [5.41, 5.74) is 1.44. The molecule has 1 fully saturated rings. The largest absolute Gasteiger partial charge is 0.468 e. The first kappa shape index (κ1) is 22.5. The maximum atomic E-state index is 14.2. The van der Waals surface area contributed by atoms with E-state index in [1.165, 1.54) is 6.07 Å². The summed E-state index contributed by atoms with van der Waals surface area (Å²) in [6.07, 6.45) is 4.84. The van der Waals surface area contributed by atoms with Crippen molar-refractivity contribution in [1.29, 1.82) is 0 Å². The van der Waals surface area contributed by atoms with Crippen LogP contribution in [0.3, 0.4) is 0 Å². The van der Waals surface area contributed by atoms with E-state index in [-0.39, 0.29) is 24.9 Å². The van der Waals surface area contributed by atoms with E-state index >= 15 is 0 Å². The maximum Gasteiger partial charge on any atom is 0.309 e. The number of anilines is 1. The Balaban J connectivity index is 1.33. The van der Waals surface area contributed by atoms with Crippen molar-refractivity contribution in [2.75, 3.05) is 37.6 Å². The molecule has 0 saturated carbocycles. The molecule has 2 amide bonds. The van der Waals surface area contributed by atoms with Crippen LogP contribution in [-0.4, -0.2) is 54.4 Å². The normalized spacial score (nSPS) is 15.1. The van der Waals surface area contributed by atoms with Crippen molar-refractivity contribution >= 4 is 17.5 Å². The number of rotatable bonds is 7. The summed E-state index contributed by atoms with van der Waals surface area (Å²) >= 11 is 0. The summed E-state index contributed by atoms with van der Waals surface area (Å²) in [5.74, 6) is -0.939. The second-order valence-corrected chi connectivity index (χ2v) is 7.75. The van der Waals surface area contributed by atoms with Gasteiger partial charge in [0.05, 0.1) is 18.0 Å². The predicted molar refractivity (Wildman–Crippen MR) is 121 cm³/mol. The molecule has 2 N–H and O–H groups in total. The number of benzene rings is 1. The molecule has 4 rings (SSSR count). The van der Waals surface area contributed by atoms with Gasteiger partial charge in [-0.2, -0.15) is 0 Å². The third kappa shape index (κ3) is 5.75. The molecule has 8 nitrogen and oxygen atoms in total. The van der Waals surface area contributed by atoms with Gasteiger partial charge in [0, 0.05) is 51.7 Å². The molecular formula is C24H26FN5O3. The van der Waals surface area contributed by atoms with Crippen LogP contribution in [0.5, 0.6) is 0 Å². The minimum absolute atomic E-state index is 0.217. The number of nitrogens with zero attached hydrogens (tertiary/aromatic N) is 3. The zero-order valence-corrected chi connectivity index (χ0v) is 18.1. The van der Waals surface area contributed by atoms with Crippen LogP contribution in [-0.2, 0) is 16.1 Å². The van der Waals surface area contributed by atoms with Gasteiger partial charge in [0.1, 0.15) is 11.6 Å². The Labute approximate surface area is 191 Å². The maximum absolute atomic E-state index is 14.2. The first-order chi connectivity index (χ1) is 16.1. The average Bonchev–Trinajstić information content (AvgIpc) is 3.39. The molecule has 1 saturated heterocycles. The Bertz CT molecular complexity index is 1050. The van der Waals surface area contributed by atoms with Gasteiger partial charge in [-0.15, -0.1) is 0 Å². The van der Waals surface area contributed by atoms with Crippen LogP contribution in [0, 0.1) is 5.82 Å². The van der Waals surface area contributed by atoms with Gasteiger partial charge in [-0.1, -0.05) is 12.1 Å². The Morgan fingerprint density at radius 2 is 1.70 bits per heavy atom. The number of pyridine rings is 1. The molecule has 2 aromatic heterocycles. The van der Waals surface area contributed by atoms with Gasteiger partial charge in [-0.05, 0) is 42.0 Å². The number of hydrogen-bond acceptors (Lipinski definition) is 6. The Morgan fingerprint density at radius 3 is 2.39 bits per heavy atom. The third-order valence-corrected chi connectivity index (χ3v) is 5.68. The van der Waals surface area contributed by atoms with Crippen molar-refractivity contribution in [3.63, 3.8) is 0 Å². The van der Waals surface area contributed by atoms with Gasteiger partial charge in [-0.25, -0.2) is 4.39 Å². The molecular weight excluding hydrogens is 425 g/mol. The number of nitrogens with one attached hydrogen (secondary N) is 2. The summed E-state index contributed by atoms with van der Waals surface area (Å²) in [6, 6.07) is 13.7. The molecule has 1 aliphatic heterocycles. The lowest BCUT2D eigenvalue weighted by atomic mass is 10.1. The van der Waals surface area contributed by atoms with Crippen LogP contribution in [0.15, 0.2) is 71.6 Å². The van der Waals surface area contributed by atoms with Crippen molar-refractivity contribution in [3.05, 3.63) is 84.3 Å². The van der Waals surface area contributed by atoms with Gasteiger partial charge in [0.15, 0.2) is 0 Å². The lowest BCUT2D eigenvalue weighted by Crippen LogP contribution is -2.51. The Hall–Kier alpha value is -3.72. The highest BCUT2D eigenvalue weighted by atomic mass is 19.1. The van der Waals surface area contributed by atoms with E-state index in [2.05, 4.69) is 20.5 Å². The molecule has 1 aliphatic rings. The highest BCUT2D eigenvalue weighted by molar-refractivity contribution is 6.35. The van der Waals surface area contributed by atoms with Crippen molar-refractivity contribution in [1.82, 2.24) is 20.5 Å². The van der Waals surface area contributed by atoms with E-state index < -0.39 is 11.8 Å². The number of aromatic nitrogens is 1. The van der Waals surface area contributed by atoms with Crippen LogP contribution in [0.2, 0.25) is 0 Å². The van der Waals surface area contributed by atoms with Crippen molar-refractivity contribution in [3.8, 4) is 0 Å². The summed E-state index contributed by atoms with van der Waals surface area (Å²) in [4.78, 5) is 32.7. The first-order valence-electron chi connectivity index (χ1n) is 10.8. The van der Waals surface area contributed by atoms with Gasteiger partial charge in [0.25, 0.3) is 0 Å². The minimum atomic E-state index is -0.703. The number of para-hydroxylation sites is 1. The lowest BCUT2D eigenvalue weighted by Gasteiger charge is -2.39. The molecule has 3 aromatic rings. The molecule has 0 bridgehead atoms. The summed E-state index contributed by atoms with van der Waals surface area (Å²) < 4.78 is 19.8. The molecule has 0 spiro atoms. The molecule has 0 radical (unpaired) electrons. The van der Waals surface area contributed by atoms with Crippen LogP contribution in [0.4, 0.5) is 10.1 Å². The number of hydrogen-bond donors (Lipinski definition) is 2. The zero-order valence-electron chi connectivity index (χ0n) is 18.1. The van der Waals surface area contributed by atoms with Crippen LogP contribution in [0.1, 0.15) is 17.4 Å². The highest BCUT2D eigenvalue weighted by Crippen LogP contribution is 2.25. The quantitative estimate of drug-likeness (QED) is 0.535. The molecule has 9 heteroatoms. The van der Waals surface area contributed by atoms with E-state index in [1.54, 1.807) is 49.0 Å². The van der Waals surface area contributed by atoms with Gasteiger partial charge in [0.2, 0.25) is 0 Å². The van der Waals surface area contributed by atoms with Gasteiger partial charge in [-0.3, -0.25) is 19.5 Å². The van der Waals surface area contributed by atoms with E-state index in [0.29, 0.717) is 37.6 Å². The number of carbonyl (C=O) groups excluding carboxylic acids is 2. The average molecular weight is 452 g/mol. The number of piperazine rings is 1. The van der Waals surface area contributed by atoms with Gasteiger partial charge >= 0.3 is 11.8 Å². The molecule has 1 atom stereocenters. The standard InChI is InChI=1S/C24H26FN5O3/c25-19-4-1-2-5-20(19)29-11-13-30(14-12-29)21(22-6-3-15-33-22)17-28-24(32)23(31)27-16-18-7-9-26-10-8-18/h1-10,15,21H,11-14,16-17H2,(H,27,31)(H,28,32)/t21-/m0/s1. The van der Waals surface area contributed by atoms with E-state index in [4.69, 9.17) is 4.42 Å². The summed E-state index contributed by atoms with van der Waals surface area (Å²) in [5, 5.41) is 5.33. The molecule has 1 aromatic carbocycles.